The number of nitrogens with two attached hydrogens (primary N) is 1. The number of nitrogens with one attached hydrogen (secondary N) is 1. The van der Waals surface area contributed by atoms with Gasteiger partial charge in [-0.25, -0.2) is 4.98 Å². The second-order valence-electron chi connectivity index (χ2n) is 7.02. The van der Waals surface area contributed by atoms with Gasteiger partial charge in [-0.2, -0.15) is 0 Å². The molecule has 1 fully saturated rings. The second kappa shape index (κ2) is 7.40. The summed E-state index contributed by atoms with van der Waals surface area (Å²) in [5.74, 6) is -0.389. The fourth-order valence-corrected chi connectivity index (χ4v) is 3.77. The molecule has 0 spiro atoms. The van der Waals surface area contributed by atoms with E-state index in [1.165, 1.54) is 0 Å². The van der Waals surface area contributed by atoms with Crippen LogP contribution in [0.3, 0.4) is 0 Å². The van der Waals surface area contributed by atoms with Crippen molar-refractivity contribution in [3.8, 4) is 11.3 Å². The van der Waals surface area contributed by atoms with Crippen LogP contribution < -0.4 is 11.1 Å². The van der Waals surface area contributed by atoms with Crippen molar-refractivity contribution in [1.29, 1.82) is 0 Å². The van der Waals surface area contributed by atoms with Crippen LogP contribution in [0.15, 0.2) is 60.7 Å². The lowest BCUT2D eigenvalue weighted by molar-refractivity contribution is -0.124. The summed E-state index contributed by atoms with van der Waals surface area (Å²) in [6.07, 6.45) is 0.458. The molecule has 1 aromatic heterocycles. The summed E-state index contributed by atoms with van der Waals surface area (Å²) in [7, 11) is 1.57. The SMILES string of the molecule is CNC(=O)[C@@H]1C[C@@H](N)CN1C(=O)c1cc(-c2ccccc2)nc2ccccc12. The Morgan fingerprint density at radius 1 is 1.11 bits per heavy atom. The van der Waals surface area contributed by atoms with Crippen molar-refractivity contribution in [2.75, 3.05) is 13.6 Å². The number of carbonyl (C=O) groups is 2. The smallest absolute Gasteiger partial charge is 0.255 e. The number of aromatic nitrogens is 1. The number of likely N-dealkylation sites (tertiary alicyclic amines) is 1. The molecule has 3 aromatic rings. The number of hydrogen-bond donors (Lipinski definition) is 2. The summed E-state index contributed by atoms with van der Waals surface area (Å²) in [4.78, 5) is 32.1. The Balaban J connectivity index is 1.83. The molecular weight excluding hydrogens is 352 g/mol. The van der Waals surface area contributed by atoms with E-state index in [0.29, 0.717) is 18.5 Å². The molecule has 6 heteroatoms. The topological polar surface area (TPSA) is 88.3 Å². The van der Waals surface area contributed by atoms with E-state index in [1.807, 2.05) is 60.7 Å². The normalized spacial score (nSPS) is 19.0. The number of nitrogens with zero attached hydrogens (tertiary/aromatic N) is 2. The Bertz CT molecular complexity index is 1040. The van der Waals surface area contributed by atoms with Gasteiger partial charge in [-0.3, -0.25) is 9.59 Å². The lowest BCUT2D eigenvalue weighted by atomic mass is 10.0. The van der Waals surface area contributed by atoms with Crippen molar-refractivity contribution in [2.24, 2.45) is 5.73 Å². The fraction of sp³-hybridized carbons (Fsp3) is 0.227. The highest BCUT2D eigenvalue weighted by molar-refractivity contribution is 6.08. The predicted molar refractivity (Wildman–Crippen MR) is 109 cm³/mol. The first-order valence-electron chi connectivity index (χ1n) is 9.32. The average molecular weight is 374 g/mol. The van der Waals surface area contributed by atoms with E-state index in [0.717, 1.165) is 22.2 Å². The Kier molecular flexibility index (Phi) is 4.79. The van der Waals surface area contributed by atoms with Crippen LogP contribution in [-0.4, -0.2) is 47.4 Å². The average Bonchev–Trinajstić information content (AvgIpc) is 3.14. The van der Waals surface area contributed by atoms with Gasteiger partial charge in [-0.1, -0.05) is 48.5 Å². The molecule has 6 nitrogen and oxygen atoms in total. The maximum Gasteiger partial charge on any atom is 0.255 e. The maximum absolute atomic E-state index is 13.5. The second-order valence-corrected chi connectivity index (χ2v) is 7.02. The molecule has 4 rings (SSSR count). The number of fused-ring (bicyclic) bond motifs is 1. The minimum Gasteiger partial charge on any atom is -0.357 e. The predicted octanol–water partition coefficient (Wildman–Crippen LogP) is 2.19. The molecule has 2 aromatic carbocycles. The van der Waals surface area contributed by atoms with E-state index < -0.39 is 6.04 Å². The highest BCUT2D eigenvalue weighted by Crippen LogP contribution is 2.28. The zero-order chi connectivity index (χ0) is 19.7. The molecule has 0 aliphatic carbocycles. The number of amides is 2. The van der Waals surface area contributed by atoms with Crippen molar-refractivity contribution in [3.05, 3.63) is 66.2 Å². The number of hydrogen-bond acceptors (Lipinski definition) is 4. The van der Waals surface area contributed by atoms with Crippen LogP contribution in [0.1, 0.15) is 16.8 Å². The summed E-state index contributed by atoms with van der Waals surface area (Å²) in [6, 6.07) is 18.3. The van der Waals surface area contributed by atoms with Crippen LogP contribution in [0, 0.1) is 0 Å². The van der Waals surface area contributed by atoms with Crippen LogP contribution in [0.4, 0.5) is 0 Å². The molecule has 2 heterocycles. The van der Waals surface area contributed by atoms with Gasteiger partial charge in [0.2, 0.25) is 5.91 Å². The van der Waals surface area contributed by atoms with Gasteiger partial charge in [0.1, 0.15) is 6.04 Å². The molecule has 2 amide bonds. The van der Waals surface area contributed by atoms with Gasteiger partial charge in [-0.05, 0) is 18.6 Å². The standard InChI is InChI=1S/C22H22N4O2/c1-24-21(27)20-11-15(23)13-26(20)22(28)17-12-19(14-7-3-2-4-8-14)25-18-10-6-5-9-16(17)18/h2-10,12,15,20H,11,13,23H2,1H3,(H,24,27)/t15-,20+/m1/s1. The number of rotatable bonds is 3. The third kappa shape index (κ3) is 3.23. The molecule has 28 heavy (non-hydrogen) atoms. The first kappa shape index (κ1) is 18.1. The Labute approximate surface area is 163 Å². The highest BCUT2D eigenvalue weighted by atomic mass is 16.2. The van der Waals surface area contributed by atoms with Crippen molar-refractivity contribution in [1.82, 2.24) is 15.2 Å². The van der Waals surface area contributed by atoms with Gasteiger partial charge < -0.3 is 16.0 Å². The van der Waals surface area contributed by atoms with Gasteiger partial charge >= 0.3 is 0 Å². The summed E-state index contributed by atoms with van der Waals surface area (Å²) in [5.41, 5.74) is 9.01. The van der Waals surface area contributed by atoms with Crippen LogP contribution >= 0.6 is 0 Å². The largest absolute Gasteiger partial charge is 0.357 e. The molecule has 142 valence electrons. The van der Waals surface area contributed by atoms with E-state index >= 15 is 0 Å². The van der Waals surface area contributed by atoms with E-state index in [1.54, 1.807) is 11.9 Å². The summed E-state index contributed by atoms with van der Waals surface area (Å²) in [6.45, 7) is 0.355. The number of para-hydroxylation sites is 1. The minimum absolute atomic E-state index is 0.192. The molecule has 3 N–H and O–H groups in total. The molecular formula is C22H22N4O2. The van der Waals surface area contributed by atoms with Crippen LogP contribution in [-0.2, 0) is 4.79 Å². The van der Waals surface area contributed by atoms with Crippen molar-refractivity contribution < 1.29 is 9.59 Å². The first-order valence-corrected chi connectivity index (χ1v) is 9.32. The lowest BCUT2D eigenvalue weighted by Crippen LogP contribution is -2.45. The van der Waals surface area contributed by atoms with Crippen molar-refractivity contribution >= 4 is 22.7 Å². The Hall–Kier alpha value is -3.25. The van der Waals surface area contributed by atoms with Crippen LogP contribution in [0.25, 0.3) is 22.2 Å². The molecule has 0 bridgehead atoms. The highest BCUT2D eigenvalue weighted by Gasteiger charge is 2.38. The van der Waals surface area contributed by atoms with Gasteiger partial charge in [0.25, 0.3) is 5.91 Å². The van der Waals surface area contributed by atoms with E-state index in [-0.39, 0.29) is 17.9 Å². The van der Waals surface area contributed by atoms with E-state index in [9.17, 15) is 9.59 Å². The monoisotopic (exact) mass is 374 g/mol. The summed E-state index contributed by atoms with van der Waals surface area (Å²) >= 11 is 0. The third-order valence-corrected chi connectivity index (χ3v) is 5.16. The lowest BCUT2D eigenvalue weighted by Gasteiger charge is -2.24. The van der Waals surface area contributed by atoms with Gasteiger partial charge in [0.15, 0.2) is 0 Å². The molecule has 1 saturated heterocycles. The first-order chi connectivity index (χ1) is 13.6. The number of carbonyl (C=O) groups excluding carboxylic acids is 2. The maximum atomic E-state index is 13.5. The van der Waals surface area contributed by atoms with Crippen molar-refractivity contribution in [2.45, 2.75) is 18.5 Å². The molecule has 0 saturated carbocycles. The third-order valence-electron chi connectivity index (χ3n) is 5.16. The fourth-order valence-electron chi connectivity index (χ4n) is 3.77. The Morgan fingerprint density at radius 2 is 1.82 bits per heavy atom. The van der Waals surface area contributed by atoms with Gasteiger partial charge in [0, 0.05) is 30.6 Å². The molecule has 0 unspecified atom stereocenters. The van der Waals surface area contributed by atoms with E-state index in [4.69, 9.17) is 10.7 Å². The number of benzene rings is 2. The molecule has 1 aliphatic heterocycles. The summed E-state index contributed by atoms with van der Waals surface area (Å²) < 4.78 is 0. The van der Waals surface area contributed by atoms with Gasteiger partial charge in [-0.15, -0.1) is 0 Å². The van der Waals surface area contributed by atoms with Crippen molar-refractivity contribution in [3.63, 3.8) is 0 Å². The van der Waals surface area contributed by atoms with E-state index in [2.05, 4.69) is 5.32 Å². The zero-order valence-electron chi connectivity index (χ0n) is 15.6. The quantitative estimate of drug-likeness (QED) is 0.736. The zero-order valence-corrected chi connectivity index (χ0v) is 15.6. The van der Waals surface area contributed by atoms with Crippen LogP contribution in [0.5, 0.6) is 0 Å². The number of likely N-dealkylation sites (N-methyl/N-ethyl adjacent to an activating group) is 1. The molecule has 0 radical (unpaired) electrons. The Morgan fingerprint density at radius 3 is 2.57 bits per heavy atom. The minimum atomic E-state index is -0.556. The van der Waals surface area contributed by atoms with Gasteiger partial charge in [0.05, 0.1) is 16.8 Å². The molecule has 1 aliphatic rings. The molecule has 2 atom stereocenters. The summed E-state index contributed by atoms with van der Waals surface area (Å²) in [5, 5.41) is 3.40. The van der Waals surface area contributed by atoms with Crippen LogP contribution in [0.2, 0.25) is 0 Å². The number of pyridine rings is 1.